The summed E-state index contributed by atoms with van der Waals surface area (Å²) in [4.78, 5) is 4.38. The summed E-state index contributed by atoms with van der Waals surface area (Å²) < 4.78 is 14.0. The van der Waals surface area contributed by atoms with E-state index in [1.165, 1.54) is 6.07 Å². The zero-order valence-electron chi connectivity index (χ0n) is 10.8. The molecule has 18 heavy (non-hydrogen) atoms. The second-order valence-electron chi connectivity index (χ2n) is 5.48. The summed E-state index contributed by atoms with van der Waals surface area (Å²) in [6.45, 7) is 5.62. The lowest BCUT2D eigenvalue weighted by molar-refractivity contribution is 0.0556. The van der Waals surface area contributed by atoms with Crippen LogP contribution in [0.5, 0.6) is 0 Å². The van der Waals surface area contributed by atoms with E-state index in [2.05, 4.69) is 4.98 Å². The summed E-state index contributed by atoms with van der Waals surface area (Å²) in [5.74, 6) is -0.307. The molecule has 1 N–H and O–H groups in total. The number of pyridine rings is 1. The fourth-order valence-electron chi connectivity index (χ4n) is 2.89. The Bertz CT molecular complexity index is 661. The third-order valence-corrected chi connectivity index (χ3v) is 3.95. The molecule has 0 saturated carbocycles. The van der Waals surface area contributed by atoms with Gasteiger partial charge in [-0.1, -0.05) is 0 Å². The number of hydrogen-bond donors (Lipinski definition) is 1. The lowest BCUT2D eigenvalue weighted by atomic mass is 9.98. The van der Waals surface area contributed by atoms with Crippen LogP contribution in [0.4, 0.5) is 4.39 Å². The standard InChI is InChI=1S/C15H16FNO/c1-8-6-11-9(2)10-4-5-15(3,18)14(10)17-13(11)12(16)7-8/h6-7,18H,4-5H2,1-3H3. The van der Waals surface area contributed by atoms with Crippen LogP contribution in [0.1, 0.15) is 35.7 Å². The maximum Gasteiger partial charge on any atom is 0.149 e. The van der Waals surface area contributed by atoms with Gasteiger partial charge in [0.05, 0.1) is 5.69 Å². The van der Waals surface area contributed by atoms with Gasteiger partial charge in [-0.15, -0.1) is 0 Å². The van der Waals surface area contributed by atoms with Crippen molar-refractivity contribution in [3.63, 3.8) is 0 Å². The van der Waals surface area contributed by atoms with Crippen molar-refractivity contribution in [3.8, 4) is 0 Å². The Kier molecular flexibility index (Phi) is 2.26. The van der Waals surface area contributed by atoms with Crippen molar-refractivity contribution in [2.45, 2.75) is 39.2 Å². The minimum Gasteiger partial charge on any atom is -0.384 e. The van der Waals surface area contributed by atoms with E-state index in [0.717, 1.165) is 28.5 Å². The summed E-state index contributed by atoms with van der Waals surface area (Å²) in [5.41, 5.74) is 3.13. The van der Waals surface area contributed by atoms with Crippen LogP contribution in [-0.4, -0.2) is 10.1 Å². The number of aliphatic hydroxyl groups is 1. The minimum atomic E-state index is -0.925. The molecule has 1 heterocycles. The first-order valence-electron chi connectivity index (χ1n) is 6.22. The van der Waals surface area contributed by atoms with Gasteiger partial charge in [0.1, 0.15) is 16.9 Å². The maximum absolute atomic E-state index is 14.0. The zero-order chi connectivity index (χ0) is 13.1. The highest BCUT2D eigenvalue weighted by atomic mass is 19.1. The van der Waals surface area contributed by atoms with Gasteiger partial charge in [-0.2, -0.15) is 0 Å². The molecule has 0 radical (unpaired) electrons. The van der Waals surface area contributed by atoms with Crippen molar-refractivity contribution < 1.29 is 9.50 Å². The number of nitrogens with zero attached hydrogens (tertiary/aromatic N) is 1. The maximum atomic E-state index is 14.0. The Morgan fingerprint density at radius 2 is 2.06 bits per heavy atom. The van der Waals surface area contributed by atoms with Crippen molar-refractivity contribution in [3.05, 3.63) is 40.3 Å². The van der Waals surface area contributed by atoms with Gasteiger partial charge < -0.3 is 5.11 Å². The molecule has 0 fully saturated rings. The van der Waals surface area contributed by atoms with Crippen LogP contribution in [0.15, 0.2) is 12.1 Å². The average molecular weight is 245 g/mol. The monoisotopic (exact) mass is 245 g/mol. The van der Waals surface area contributed by atoms with Gasteiger partial charge in [0, 0.05) is 5.39 Å². The second kappa shape index (κ2) is 3.51. The molecule has 0 aliphatic heterocycles. The van der Waals surface area contributed by atoms with Gasteiger partial charge in [0.25, 0.3) is 0 Å². The van der Waals surface area contributed by atoms with Crippen molar-refractivity contribution in [1.82, 2.24) is 4.98 Å². The van der Waals surface area contributed by atoms with Gasteiger partial charge in [0.15, 0.2) is 0 Å². The average Bonchev–Trinajstić information content (AvgIpc) is 2.57. The third-order valence-electron chi connectivity index (χ3n) is 3.95. The van der Waals surface area contributed by atoms with Crippen LogP contribution in [0, 0.1) is 19.7 Å². The summed E-state index contributed by atoms with van der Waals surface area (Å²) in [5, 5.41) is 11.2. The van der Waals surface area contributed by atoms with Crippen LogP contribution in [0.2, 0.25) is 0 Å². The van der Waals surface area contributed by atoms with E-state index in [0.29, 0.717) is 17.6 Å². The molecule has 0 spiro atoms. The number of fused-ring (bicyclic) bond motifs is 2. The lowest BCUT2D eigenvalue weighted by Gasteiger charge is -2.18. The highest BCUT2D eigenvalue weighted by molar-refractivity contribution is 5.85. The Balaban J connectivity index is 2.44. The molecule has 1 aliphatic rings. The largest absolute Gasteiger partial charge is 0.384 e. The first-order chi connectivity index (χ1) is 8.40. The number of rotatable bonds is 0. The zero-order valence-corrected chi connectivity index (χ0v) is 10.8. The summed E-state index contributed by atoms with van der Waals surface area (Å²) >= 11 is 0. The predicted octanol–water partition coefficient (Wildman–Crippen LogP) is 3.14. The summed E-state index contributed by atoms with van der Waals surface area (Å²) in [7, 11) is 0. The molecule has 1 aromatic carbocycles. The van der Waals surface area contributed by atoms with Crippen LogP contribution in [0.3, 0.4) is 0 Å². The van der Waals surface area contributed by atoms with E-state index in [9.17, 15) is 9.50 Å². The van der Waals surface area contributed by atoms with Gasteiger partial charge >= 0.3 is 0 Å². The molecule has 2 nitrogen and oxygen atoms in total. The topological polar surface area (TPSA) is 33.1 Å². The Labute approximate surface area is 105 Å². The molecule has 3 heteroatoms. The SMILES string of the molecule is Cc1cc(F)c2nc3c(c(C)c2c1)CCC3(C)O. The number of halogens is 1. The van der Waals surface area contributed by atoms with Gasteiger partial charge in [-0.25, -0.2) is 9.37 Å². The fraction of sp³-hybridized carbons (Fsp3) is 0.400. The van der Waals surface area contributed by atoms with Crippen LogP contribution in [0.25, 0.3) is 10.9 Å². The van der Waals surface area contributed by atoms with Crippen molar-refractivity contribution in [2.75, 3.05) is 0 Å². The van der Waals surface area contributed by atoms with Crippen LogP contribution >= 0.6 is 0 Å². The first kappa shape index (κ1) is 11.6. The van der Waals surface area contributed by atoms with Crippen LogP contribution in [-0.2, 0) is 12.0 Å². The van der Waals surface area contributed by atoms with Gasteiger partial charge in [-0.3, -0.25) is 0 Å². The molecule has 2 aromatic rings. The smallest absolute Gasteiger partial charge is 0.149 e. The van der Waals surface area contributed by atoms with E-state index in [-0.39, 0.29) is 5.82 Å². The van der Waals surface area contributed by atoms with E-state index in [1.54, 1.807) is 6.92 Å². The Hall–Kier alpha value is -1.48. The Morgan fingerprint density at radius 1 is 1.33 bits per heavy atom. The van der Waals surface area contributed by atoms with Crippen molar-refractivity contribution in [2.24, 2.45) is 0 Å². The number of benzene rings is 1. The molecule has 0 saturated heterocycles. The normalized spacial score (nSPS) is 22.5. The second-order valence-corrected chi connectivity index (χ2v) is 5.48. The quantitative estimate of drug-likeness (QED) is 0.773. The van der Waals surface area contributed by atoms with Crippen molar-refractivity contribution in [1.29, 1.82) is 0 Å². The molecular formula is C15H16FNO. The molecule has 0 amide bonds. The summed E-state index contributed by atoms with van der Waals surface area (Å²) in [6.07, 6.45) is 1.47. The minimum absolute atomic E-state index is 0.307. The van der Waals surface area contributed by atoms with E-state index >= 15 is 0 Å². The van der Waals surface area contributed by atoms with Crippen LogP contribution < -0.4 is 0 Å². The molecular weight excluding hydrogens is 229 g/mol. The lowest BCUT2D eigenvalue weighted by Crippen LogP contribution is -2.18. The van der Waals surface area contributed by atoms with Gasteiger partial charge in [0.2, 0.25) is 0 Å². The number of aryl methyl sites for hydroxylation is 2. The molecule has 1 unspecified atom stereocenters. The predicted molar refractivity (Wildman–Crippen MR) is 69.1 cm³/mol. The molecule has 0 bridgehead atoms. The molecule has 3 rings (SSSR count). The molecule has 94 valence electrons. The molecule has 1 aliphatic carbocycles. The number of aromatic nitrogens is 1. The third kappa shape index (κ3) is 1.47. The highest BCUT2D eigenvalue weighted by Gasteiger charge is 2.35. The molecule has 1 atom stereocenters. The van der Waals surface area contributed by atoms with E-state index < -0.39 is 5.60 Å². The van der Waals surface area contributed by atoms with E-state index in [1.807, 2.05) is 19.9 Å². The van der Waals surface area contributed by atoms with Gasteiger partial charge in [-0.05, 0) is 62.4 Å². The Morgan fingerprint density at radius 3 is 2.78 bits per heavy atom. The first-order valence-corrected chi connectivity index (χ1v) is 6.22. The summed E-state index contributed by atoms with van der Waals surface area (Å²) in [6, 6.07) is 3.46. The number of hydrogen-bond acceptors (Lipinski definition) is 2. The fourth-order valence-corrected chi connectivity index (χ4v) is 2.89. The molecule has 1 aromatic heterocycles. The highest BCUT2D eigenvalue weighted by Crippen LogP contribution is 2.39. The van der Waals surface area contributed by atoms with E-state index in [4.69, 9.17) is 0 Å². The van der Waals surface area contributed by atoms with Crippen molar-refractivity contribution >= 4 is 10.9 Å².